The lowest BCUT2D eigenvalue weighted by Crippen LogP contribution is -2.47. The second-order valence-corrected chi connectivity index (χ2v) is 17.4. The van der Waals surface area contributed by atoms with Gasteiger partial charge in [0.2, 0.25) is 11.8 Å². The highest BCUT2D eigenvalue weighted by Gasteiger charge is 2.37. The highest BCUT2D eigenvalue weighted by molar-refractivity contribution is 6.05. The average molecular weight is 1010 g/mol. The van der Waals surface area contributed by atoms with Crippen molar-refractivity contribution in [3.63, 3.8) is 0 Å². The van der Waals surface area contributed by atoms with E-state index >= 15 is 0 Å². The van der Waals surface area contributed by atoms with E-state index < -0.39 is 76.2 Å². The summed E-state index contributed by atoms with van der Waals surface area (Å²) in [5, 5.41) is 32.9. The molecule has 27 heteroatoms. The number of hydroxylamine groups is 4. The normalized spacial score (nSPS) is 18.3. The molecule has 1 N–H and O–H groups in total. The lowest BCUT2D eigenvalue weighted by atomic mass is 10.0. The van der Waals surface area contributed by atoms with Gasteiger partial charge in [-0.1, -0.05) is 17.2 Å². The molecule has 0 bridgehead atoms. The van der Waals surface area contributed by atoms with E-state index in [1.807, 2.05) is 14.1 Å². The molecule has 0 saturated carbocycles. The van der Waals surface area contributed by atoms with E-state index in [2.05, 4.69) is 19.5 Å². The number of piperazine rings is 2. The third kappa shape index (κ3) is 14.9. The van der Waals surface area contributed by atoms with Crippen LogP contribution in [0.25, 0.3) is 0 Å². The highest BCUT2D eigenvalue weighted by atomic mass is 16.8. The molecule has 5 aliphatic rings. The largest absolute Gasteiger partial charge is 0.534 e. The van der Waals surface area contributed by atoms with Crippen LogP contribution in [-0.4, -0.2) is 194 Å². The Balaban J connectivity index is 0.000000211. The van der Waals surface area contributed by atoms with E-state index in [9.17, 15) is 73.3 Å². The van der Waals surface area contributed by atoms with Gasteiger partial charge >= 0.3 is 12.1 Å². The molecule has 0 spiro atoms. The van der Waals surface area contributed by atoms with Crippen molar-refractivity contribution in [3.05, 3.63) is 78.9 Å². The molecule has 2 aromatic rings. The fourth-order valence-electron chi connectivity index (χ4n) is 7.77. The zero-order valence-corrected chi connectivity index (χ0v) is 40.1. The lowest BCUT2D eigenvalue weighted by Gasteiger charge is -2.32. The maximum absolute atomic E-state index is 12.7. The Bertz CT molecular complexity index is 2400. The van der Waals surface area contributed by atoms with Gasteiger partial charge in [0.25, 0.3) is 46.8 Å². The van der Waals surface area contributed by atoms with Crippen molar-refractivity contribution in [2.45, 2.75) is 77.4 Å². The van der Waals surface area contributed by atoms with E-state index in [1.165, 1.54) is 31.2 Å². The Morgan fingerprint density at radius 2 is 0.958 bits per heavy atom. The minimum atomic E-state index is -1.26. The zero-order valence-electron chi connectivity index (χ0n) is 40.1. The van der Waals surface area contributed by atoms with Crippen LogP contribution >= 0.6 is 0 Å². The molecular weight excluding hydrogens is 955 g/mol. The van der Waals surface area contributed by atoms with Gasteiger partial charge in [0.15, 0.2) is 0 Å². The Morgan fingerprint density at radius 1 is 0.583 bits per heavy atom. The maximum Gasteiger partial charge on any atom is 0.534 e. The number of aliphatic hydroxyl groups is 1. The molecule has 0 radical (unpaired) electrons. The lowest BCUT2D eigenvalue weighted by molar-refractivity contribution is -0.385. The number of nitrogens with zero attached hydrogens (tertiary/aromatic N) is 9. The van der Waals surface area contributed by atoms with E-state index in [0.29, 0.717) is 47.4 Å². The third-order valence-electron chi connectivity index (χ3n) is 11.8. The number of imide groups is 3. The van der Waals surface area contributed by atoms with Gasteiger partial charge in [0.05, 0.1) is 16.0 Å². The molecule has 8 amide bonds. The minimum Gasteiger partial charge on any atom is -0.429 e. The quantitative estimate of drug-likeness (QED) is 0.125. The fraction of sp³-hybridized carbons (Fsp3) is 0.511. The van der Waals surface area contributed by atoms with E-state index in [4.69, 9.17) is 4.74 Å². The summed E-state index contributed by atoms with van der Waals surface area (Å²) in [6, 6.07) is 8.68. The van der Waals surface area contributed by atoms with Crippen LogP contribution in [-0.2, 0) is 60.8 Å². The Kier molecular flexibility index (Phi) is 19.0. The minimum absolute atomic E-state index is 0.00626. The number of carbonyl (C=O) groups excluding carboxylic acids is 10. The van der Waals surface area contributed by atoms with Crippen molar-refractivity contribution in [1.82, 2.24) is 34.6 Å². The molecule has 5 fully saturated rings. The number of amides is 8. The smallest absolute Gasteiger partial charge is 0.429 e. The molecule has 388 valence electrons. The van der Waals surface area contributed by atoms with Gasteiger partial charge in [-0.25, -0.2) is 9.59 Å². The van der Waals surface area contributed by atoms with Crippen LogP contribution in [0.4, 0.5) is 16.2 Å². The number of rotatable bonds is 13. The van der Waals surface area contributed by atoms with Crippen molar-refractivity contribution >= 4 is 70.8 Å². The Morgan fingerprint density at radius 3 is 1.35 bits per heavy atom. The van der Waals surface area contributed by atoms with Crippen molar-refractivity contribution in [3.8, 4) is 0 Å². The number of hydrogen-bond acceptors (Lipinski definition) is 20. The van der Waals surface area contributed by atoms with E-state index in [-0.39, 0.29) is 85.7 Å². The molecule has 5 saturated heterocycles. The molecule has 0 aliphatic carbocycles. The van der Waals surface area contributed by atoms with Crippen molar-refractivity contribution in [2.75, 3.05) is 73.0 Å². The number of likely N-dealkylation sites (N-methyl/N-ethyl adjacent to an activating group) is 2. The van der Waals surface area contributed by atoms with Gasteiger partial charge in [-0.05, 0) is 40.1 Å². The molecule has 27 nitrogen and oxygen atoms in total. The van der Waals surface area contributed by atoms with Gasteiger partial charge < -0.3 is 34.3 Å². The Labute approximate surface area is 411 Å². The number of benzene rings is 2. The number of nitro groups is 2. The van der Waals surface area contributed by atoms with Gasteiger partial charge in [0, 0.05) is 138 Å². The monoisotopic (exact) mass is 1010 g/mol. The van der Waals surface area contributed by atoms with Gasteiger partial charge in [0.1, 0.15) is 12.6 Å². The van der Waals surface area contributed by atoms with Crippen molar-refractivity contribution in [1.29, 1.82) is 0 Å². The molecule has 0 aromatic heterocycles. The first-order valence-corrected chi connectivity index (χ1v) is 22.8. The molecule has 7 rings (SSSR count). The number of likely N-dealkylation sites (tertiary alicyclic amines) is 1. The topological polar surface area (TPSA) is 328 Å². The first-order valence-electron chi connectivity index (χ1n) is 22.8. The first kappa shape index (κ1) is 55.2. The summed E-state index contributed by atoms with van der Waals surface area (Å²) < 4.78 is 5.02. The molecule has 72 heavy (non-hydrogen) atoms. The number of aliphatic hydroxyl groups excluding tert-OH is 1. The maximum atomic E-state index is 12.7. The molecule has 2 unspecified atom stereocenters. The summed E-state index contributed by atoms with van der Waals surface area (Å²) in [4.78, 5) is 155. The van der Waals surface area contributed by atoms with Crippen LogP contribution in [0.2, 0.25) is 0 Å². The van der Waals surface area contributed by atoms with Crippen LogP contribution < -0.4 is 0 Å². The Hall–Kier alpha value is -7.78. The van der Waals surface area contributed by atoms with E-state index in [0.717, 1.165) is 31.1 Å². The van der Waals surface area contributed by atoms with Crippen LogP contribution in [0.15, 0.2) is 36.4 Å². The summed E-state index contributed by atoms with van der Waals surface area (Å²) >= 11 is 0. The number of nitro benzene ring substituents is 2. The first-order chi connectivity index (χ1) is 34.0. The molecule has 5 aliphatic heterocycles. The molecule has 5 heterocycles. The number of ether oxygens (including phenoxy) is 1. The second-order valence-electron chi connectivity index (χ2n) is 17.4. The van der Waals surface area contributed by atoms with Gasteiger partial charge in [-0.15, -0.1) is 5.06 Å². The predicted octanol–water partition coefficient (Wildman–Crippen LogP) is 0.779. The van der Waals surface area contributed by atoms with Crippen LogP contribution in [0, 0.1) is 20.2 Å². The second kappa shape index (κ2) is 24.9. The number of hydrogen-bond donors (Lipinski definition) is 1. The van der Waals surface area contributed by atoms with Crippen molar-refractivity contribution < 1.29 is 77.3 Å². The zero-order chi connectivity index (χ0) is 53.0. The highest BCUT2D eigenvalue weighted by Crippen LogP contribution is 2.26. The van der Waals surface area contributed by atoms with Gasteiger partial charge in [-0.2, -0.15) is 0 Å². The molecule has 2 atom stereocenters. The van der Waals surface area contributed by atoms with Crippen LogP contribution in [0.5, 0.6) is 0 Å². The summed E-state index contributed by atoms with van der Waals surface area (Å²) in [6.07, 6.45) is -2.60. The fourth-order valence-corrected chi connectivity index (χ4v) is 7.77. The van der Waals surface area contributed by atoms with Crippen LogP contribution in [0.3, 0.4) is 0 Å². The number of carbonyl (C=O) groups is 10. The summed E-state index contributed by atoms with van der Waals surface area (Å²) in [5.41, 5.74) is 0.864. The van der Waals surface area contributed by atoms with Crippen molar-refractivity contribution in [2.24, 2.45) is 0 Å². The SMILES string of the molecule is CC(Cc1ccc(C(=O)N2CCN(C)CC2)cc1[N+](=O)[O-])OC(=O)ON1C(=O)CCC1=O.CC(O)Cc1ccc(C(=O)N2CCN(C)CC2)cc1[N+](=O)[O-].O=C(CN1C(=O)CCC1=O)ON1C(=O)CCC1=O. The molecule has 2 aromatic carbocycles. The summed E-state index contributed by atoms with van der Waals surface area (Å²) in [7, 11) is 3.96. The third-order valence-corrected chi connectivity index (χ3v) is 11.8. The predicted molar refractivity (Wildman–Crippen MR) is 243 cm³/mol. The molecular formula is C45H55N9O18. The van der Waals surface area contributed by atoms with Gasteiger partial charge in [-0.3, -0.25) is 68.3 Å². The summed E-state index contributed by atoms with van der Waals surface area (Å²) in [5.74, 6) is -4.86. The average Bonchev–Trinajstić information content (AvgIpc) is 3.95. The van der Waals surface area contributed by atoms with Crippen LogP contribution in [0.1, 0.15) is 84.2 Å². The van der Waals surface area contributed by atoms with E-state index in [1.54, 1.807) is 28.9 Å². The standard InChI is InChI=1S/C20H24N4O8.C15H21N3O4.C10H10N2O6/c1-13(31-20(28)32-23-17(25)5-6-18(23)26)11-14-3-4-15(12-16(14)24(29)30)19(27)22-9-7-21(2)8-10-22;1-11(19)9-12-3-4-13(10-14(12)18(21)22)15(20)17-7-5-16(2)6-8-17;13-6-1-2-7(14)11(6)5-10(17)18-12-8(15)3-4-9(12)16/h3-4,12-13H,5-11H2,1-2H3;3-4,10-11,19H,5-9H2,1-2H3;1-5H2. The summed E-state index contributed by atoms with van der Waals surface area (Å²) in [6.45, 7) is 7.87.